The van der Waals surface area contributed by atoms with E-state index in [1.807, 2.05) is 0 Å². The summed E-state index contributed by atoms with van der Waals surface area (Å²) in [7, 11) is 0. The molecule has 1 heterocycles. The molecule has 2 rings (SSSR count). The van der Waals surface area contributed by atoms with Crippen molar-refractivity contribution in [3.8, 4) is 0 Å². The number of anilines is 1. The van der Waals surface area contributed by atoms with Crippen molar-refractivity contribution in [3.05, 3.63) is 59.5 Å². The molecule has 0 aliphatic heterocycles. The van der Waals surface area contributed by atoms with Crippen LogP contribution in [0.1, 0.15) is 18.5 Å². The molecule has 0 amide bonds. The molecule has 1 aromatic heterocycles. The summed E-state index contributed by atoms with van der Waals surface area (Å²) in [6.07, 6.45) is 0. The molecule has 5 heteroatoms. The fraction of sp³-hybridized carbons (Fsp3) is 0.154. The maximum Gasteiger partial charge on any atom is 0.214 e. The average Bonchev–Trinajstić information content (AvgIpc) is 2.28. The van der Waals surface area contributed by atoms with Crippen LogP contribution in [0.5, 0.6) is 0 Å². The van der Waals surface area contributed by atoms with Crippen molar-refractivity contribution in [2.45, 2.75) is 13.0 Å². The predicted molar refractivity (Wildman–Crippen MR) is 62.6 cm³/mol. The van der Waals surface area contributed by atoms with Crippen LogP contribution in [0, 0.1) is 17.6 Å². The quantitative estimate of drug-likeness (QED) is 0.843. The first-order chi connectivity index (χ1) is 8.58. The van der Waals surface area contributed by atoms with Crippen molar-refractivity contribution in [2.75, 3.05) is 5.32 Å². The zero-order valence-corrected chi connectivity index (χ0v) is 9.62. The molecule has 0 aliphatic carbocycles. The molecule has 0 spiro atoms. The summed E-state index contributed by atoms with van der Waals surface area (Å²) in [4.78, 5) is 3.58. The Hall–Kier alpha value is -2.04. The monoisotopic (exact) mass is 252 g/mol. The number of hydrogen-bond donors (Lipinski definition) is 1. The summed E-state index contributed by atoms with van der Waals surface area (Å²) in [6, 6.07) is 7.18. The smallest absolute Gasteiger partial charge is 0.214 e. The third-order valence-electron chi connectivity index (χ3n) is 2.51. The Morgan fingerprint density at radius 2 is 1.61 bits per heavy atom. The van der Waals surface area contributed by atoms with E-state index in [4.69, 9.17) is 0 Å². The van der Waals surface area contributed by atoms with E-state index in [0.29, 0.717) is 0 Å². The summed E-state index contributed by atoms with van der Waals surface area (Å²) in [5.41, 5.74) is -0.0939. The lowest BCUT2D eigenvalue weighted by Crippen LogP contribution is -2.12. The van der Waals surface area contributed by atoms with Crippen molar-refractivity contribution in [3.63, 3.8) is 0 Å². The highest BCUT2D eigenvalue weighted by Crippen LogP contribution is 2.23. The van der Waals surface area contributed by atoms with Crippen molar-refractivity contribution < 1.29 is 13.2 Å². The first-order valence-electron chi connectivity index (χ1n) is 5.41. The highest BCUT2D eigenvalue weighted by atomic mass is 19.1. The molecule has 0 bridgehead atoms. The molecule has 0 saturated heterocycles. The van der Waals surface area contributed by atoms with E-state index in [0.717, 1.165) is 0 Å². The van der Waals surface area contributed by atoms with Gasteiger partial charge in [0.15, 0.2) is 0 Å². The second-order valence-corrected chi connectivity index (χ2v) is 3.85. The first kappa shape index (κ1) is 12.4. The lowest BCUT2D eigenvalue weighted by atomic mass is 10.1. The topological polar surface area (TPSA) is 24.9 Å². The van der Waals surface area contributed by atoms with E-state index in [2.05, 4.69) is 10.3 Å². The Labute approximate surface area is 102 Å². The van der Waals surface area contributed by atoms with E-state index in [9.17, 15) is 13.2 Å². The zero-order valence-electron chi connectivity index (χ0n) is 9.62. The van der Waals surface area contributed by atoms with Crippen LogP contribution in [0.3, 0.4) is 0 Å². The number of halogens is 3. The molecule has 1 atom stereocenters. The average molecular weight is 252 g/mol. The van der Waals surface area contributed by atoms with Crippen LogP contribution in [0.2, 0.25) is 0 Å². The van der Waals surface area contributed by atoms with Crippen molar-refractivity contribution in [2.24, 2.45) is 0 Å². The molecule has 1 N–H and O–H groups in total. The Bertz CT molecular complexity index is 537. The third-order valence-corrected chi connectivity index (χ3v) is 2.51. The molecule has 94 valence electrons. The van der Waals surface area contributed by atoms with Gasteiger partial charge in [0.2, 0.25) is 5.95 Å². The molecule has 1 unspecified atom stereocenters. The van der Waals surface area contributed by atoms with E-state index in [1.165, 1.54) is 36.4 Å². The minimum absolute atomic E-state index is 0.0939. The van der Waals surface area contributed by atoms with Gasteiger partial charge in [-0.25, -0.2) is 13.8 Å². The molecular formula is C13H11F3N2. The molecule has 0 saturated carbocycles. The molecule has 2 nitrogen and oxygen atoms in total. The van der Waals surface area contributed by atoms with Gasteiger partial charge in [-0.05, 0) is 31.2 Å². The largest absolute Gasteiger partial charge is 0.363 e. The van der Waals surface area contributed by atoms with Gasteiger partial charge in [0, 0.05) is 5.56 Å². The molecule has 1 aromatic carbocycles. The number of aromatic nitrogens is 1. The maximum absolute atomic E-state index is 13.5. The minimum Gasteiger partial charge on any atom is -0.363 e. The molecule has 0 radical (unpaired) electrons. The number of nitrogens with zero attached hydrogens (tertiary/aromatic N) is 1. The highest BCUT2D eigenvalue weighted by molar-refractivity contribution is 5.38. The van der Waals surface area contributed by atoms with Gasteiger partial charge in [0.25, 0.3) is 0 Å². The van der Waals surface area contributed by atoms with Crippen LogP contribution < -0.4 is 5.32 Å². The Kier molecular flexibility index (Phi) is 3.50. The van der Waals surface area contributed by atoms with Crippen LogP contribution in [0.15, 0.2) is 36.4 Å². The van der Waals surface area contributed by atoms with Gasteiger partial charge in [-0.15, -0.1) is 0 Å². The molecule has 18 heavy (non-hydrogen) atoms. The van der Waals surface area contributed by atoms with Gasteiger partial charge in [-0.3, -0.25) is 0 Å². The number of hydrogen-bond acceptors (Lipinski definition) is 2. The van der Waals surface area contributed by atoms with Crippen LogP contribution in [0.4, 0.5) is 19.0 Å². The van der Waals surface area contributed by atoms with E-state index in [-0.39, 0.29) is 11.4 Å². The van der Waals surface area contributed by atoms with Crippen molar-refractivity contribution in [1.29, 1.82) is 0 Å². The van der Waals surface area contributed by atoms with Gasteiger partial charge < -0.3 is 5.32 Å². The van der Waals surface area contributed by atoms with Gasteiger partial charge in [-0.1, -0.05) is 12.1 Å². The van der Waals surface area contributed by atoms with E-state index >= 15 is 0 Å². The highest BCUT2D eigenvalue weighted by Gasteiger charge is 2.16. The Morgan fingerprint density at radius 3 is 2.22 bits per heavy atom. The number of nitrogens with one attached hydrogen (secondary N) is 1. The van der Waals surface area contributed by atoms with Crippen molar-refractivity contribution in [1.82, 2.24) is 4.98 Å². The SMILES string of the molecule is CC(Nc1cccc(F)n1)c1c(F)cccc1F. The van der Waals surface area contributed by atoms with Crippen LogP contribution in [-0.2, 0) is 0 Å². The predicted octanol–water partition coefficient (Wildman–Crippen LogP) is 3.67. The second kappa shape index (κ2) is 5.08. The summed E-state index contributed by atoms with van der Waals surface area (Å²) in [5.74, 6) is -1.72. The van der Waals surface area contributed by atoms with Gasteiger partial charge in [-0.2, -0.15) is 4.39 Å². The standard InChI is InChI=1S/C13H11F3N2/c1-8(13-9(14)4-2-5-10(13)15)17-12-7-3-6-11(16)18-12/h2-8H,1H3,(H,17,18). The van der Waals surface area contributed by atoms with Gasteiger partial charge in [0.1, 0.15) is 17.5 Å². The molecule has 0 aliphatic rings. The second-order valence-electron chi connectivity index (χ2n) is 3.85. The zero-order chi connectivity index (χ0) is 13.1. The van der Waals surface area contributed by atoms with Gasteiger partial charge in [0.05, 0.1) is 6.04 Å². The number of benzene rings is 1. The molecule has 0 fully saturated rings. The third kappa shape index (κ3) is 2.61. The van der Waals surface area contributed by atoms with Crippen molar-refractivity contribution >= 4 is 5.82 Å². The van der Waals surface area contributed by atoms with E-state index in [1.54, 1.807) is 6.92 Å². The first-order valence-corrected chi connectivity index (χ1v) is 5.41. The normalized spacial score (nSPS) is 12.2. The summed E-state index contributed by atoms with van der Waals surface area (Å²) >= 11 is 0. The van der Waals surface area contributed by atoms with Crippen LogP contribution >= 0.6 is 0 Å². The number of rotatable bonds is 3. The molecular weight excluding hydrogens is 241 g/mol. The summed E-state index contributed by atoms with van der Waals surface area (Å²) in [6.45, 7) is 1.58. The summed E-state index contributed by atoms with van der Waals surface area (Å²) in [5, 5.41) is 2.75. The minimum atomic E-state index is -0.652. The lowest BCUT2D eigenvalue weighted by molar-refractivity contribution is 0.542. The summed E-state index contributed by atoms with van der Waals surface area (Å²) < 4.78 is 39.9. The maximum atomic E-state index is 13.5. The Balaban J connectivity index is 2.25. The number of pyridine rings is 1. The van der Waals surface area contributed by atoms with Gasteiger partial charge >= 0.3 is 0 Å². The Morgan fingerprint density at radius 1 is 1.00 bits per heavy atom. The fourth-order valence-electron chi connectivity index (χ4n) is 1.71. The lowest BCUT2D eigenvalue weighted by Gasteiger charge is -2.16. The van der Waals surface area contributed by atoms with E-state index < -0.39 is 23.6 Å². The molecule has 2 aromatic rings. The van der Waals surface area contributed by atoms with Crippen LogP contribution in [0.25, 0.3) is 0 Å². The van der Waals surface area contributed by atoms with Crippen LogP contribution in [-0.4, -0.2) is 4.98 Å². The fourth-order valence-corrected chi connectivity index (χ4v) is 1.71.